The lowest BCUT2D eigenvalue weighted by molar-refractivity contribution is -0.202. The molecule has 3 aliphatic rings. The molecule has 8 heteroatoms. The van der Waals surface area contributed by atoms with Crippen LogP contribution in [-0.2, 0) is 14.3 Å². The molecule has 1 saturated carbocycles. The molecule has 1 aliphatic carbocycles. The molecule has 0 aromatic heterocycles. The molecule has 1 spiro atoms. The van der Waals surface area contributed by atoms with Gasteiger partial charge in [0.15, 0.2) is 5.79 Å². The highest BCUT2D eigenvalue weighted by Crippen LogP contribution is 2.45. The Bertz CT molecular complexity index is 594. The van der Waals surface area contributed by atoms with Crippen LogP contribution >= 0.6 is 0 Å². The van der Waals surface area contributed by atoms with Crippen molar-refractivity contribution < 1.29 is 19.1 Å². The van der Waals surface area contributed by atoms with Crippen molar-refractivity contribution in [2.75, 3.05) is 60.5 Å². The molecule has 0 aromatic rings. The summed E-state index contributed by atoms with van der Waals surface area (Å²) in [5.74, 6) is -0.299. The Morgan fingerprint density at radius 3 is 2.60 bits per heavy atom. The average Bonchev–Trinajstić information content (AvgIpc) is 3.15. The van der Waals surface area contributed by atoms with Gasteiger partial charge in [-0.1, -0.05) is 0 Å². The van der Waals surface area contributed by atoms with Crippen LogP contribution in [0.5, 0.6) is 0 Å². The molecule has 3 amide bonds. The van der Waals surface area contributed by atoms with Crippen molar-refractivity contribution in [2.24, 2.45) is 11.8 Å². The molecule has 172 valence electrons. The molecule has 2 heterocycles. The Morgan fingerprint density at radius 2 is 1.93 bits per heavy atom. The molecule has 0 aromatic carbocycles. The number of hydrogen-bond donors (Lipinski definition) is 1. The van der Waals surface area contributed by atoms with Gasteiger partial charge in [0.2, 0.25) is 5.91 Å². The minimum atomic E-state index is -0.443. The van der Waals surface area contributed by atoms with Crippen LogP contribution < -0.4 is 5.32 Å². The van der Waals surface area contributed by atoms with Gasteiger partial charge in [0.1, 0.15) is 0 Å². The predicted octanol–water partition coefficient (Wildman–Crippen LogP) is 1.75. The molecule has 3 rings (SSSR count). The molecular weight excluding hydrogens is 384 g/mol. The second-order valence-electron chi connectivity index (χ2n) is 9.37. The third kappa shape index (κ3) is 5.52. The zero-order chi connectivity index (χ0) is 21.7. The predicted molar refractivity (Wildman–Crippen MR) is 115 cm³/mol. The number of unbranched alkanes of at least 4 members (excludes halogenated alkanes) is 1. The number of nitrogens with one attached hydrogen (secondary N) is 1. The lowest BCUT2D eigenvalue weighted by Crippen LogP contribution is -2.57. The Hall–Kier alpha value is -1.22. The quantitative estimate of drug-likeness (QED) is 0.628. The van der Waals surface area contributed by atoms with Gasteiger partial charge in [-0.15, -0.1) is 0 Å². The maximum absolute atomic E-state index is 13.3. The summed E-state index contributed by atoms with van der Waals surface area (Å²) in [7, 11) is 6.19. The van der Waals surface area contributed by atoms with Crippen molar-refractivity contribution in [2.45, 2.75) is 57.3 Å². The number of amides is 3. The third-order valence-corrected chi connectivity index (χ3v) is 6.90. The standard InChI is InChI=1S/C22H40N4O4/c1-5-26(21(28)23-10-6-7-11-24(2)3)20(27)18-14-17-15-22(29-12-13-30-22)9-8-19(17)25(4)16-18/h17-19H,5-16H2,1-4H3,(H,23,28)/t17-,18-,19-/m1/s1. The van der Waals surface area contributed by atoms with Crippen LogP contribution in [-0.4, -0.2) is 99.0 Å². The number of piperidine rings is 1. The minimum Gasteiger partial charge on any atom is -0.348 e. The zero-order valence-electron chi connectivity index (χ0n) is 19.2. The van der Waals surface area contributed by atoms with E-state index in [2.05, 4.69) is 22.2 Å². The van der Waals surface area contributed by atoms with E-state index in [0.717, 1.165) is 45.1 Å². The smallest absolute Gasteiger partial charge is 0.324 e. The highest BCUT2D eigenvalue weighted by Gasteiger charge is 2.49. The summed E-state index contributed by atoms with van der Waals surface area (Å²) < 4.78 is 11.9. The summed E-state index contributed by atoms with van der Waals surface area (Å²) >= 11 is 0. The number of ether oxygens (including phenoxy) is 2. The molecule has 8 nitrogen and oxygen atoms in total. The van der Waals surface area contributed by atoms with Crippen LogP contribution in [0.3, 0.4) is 0 Å². The number of rotatable bonds is 7. The number of carbonyl (C=O) groups excluding carboxylic acids is 2. The fourth-order valence-electron chi connectivity index (χ4n) is 5.39. The van der Waals surface area contributed by atoms with Crippen LogP contribution in [0.15, 0.2) is 0 Å². The van der Waals surface area contributed by atoms with Crippen LogP contribution in [0, 0.1) is 11.8 Å². The van der Waals surface area contributed by atoms with Gasteiger partial charge in [0.05, 0.1) is 19.1 Å². The van der Waals surface area contributed by atoms with Gasteiger partial charge in [-0.2, -0.15) is 0 Å². The molecule has 0 unspecified atom stereocenters. The van der Waals surface area contributed by atoms with E-state index in [0.29, 0.717) is 44.8 Å². The second kappa shape index (κ2) is 10.4. The van der Waals surface area contributed by atoms with Crippen LogP contribution in [0.25, 0.3) is 0 Å². The first-order valence-electron chi connectivity index (χ1n) is 11.6. The molecule has 3 fully saturated rings. The van der Waals surface area contributed by atoms with Crippen LogP contribution in [0.1, 0.15) is 45.4 Å². The lowest BCUT2D eigenvalue weighted by Gasteiger charge is -2.49. The van der Waals surface area contributed by atoms with Gasteiger partial charge in [-0.05, 0) is 66.2 Å². The van der Waals surface area contributed by atoms with Crippen molar-refractivity contribution in [3.63, 3.8) is 0 Å². The molecule has 3 atom stereocenters. The monoisotopic (exact) mass is 424 g/mol. The van der Waals surface area contributed by atoms with Crippen molar-refractivity contribution in [3.8, 4) is 0 Å². The Kier molecular flexibility index (Phi) is 8.12. The average molecular weight is 425 g/mol. The first-order valence-corrected chi connectivity index (χ1v) is 11.6. The van der Waals surface area contributed by atoms with Crippen LogP contribution in [0.2, 0.25) is 0 Å². The Balaban J connectivity index is 1.54. The molecule has 2 saturated heterocycles. The molecule has 1 N–H and O–H groups in total. The number of fused-ring (bicyclic) bond motifs is 1. The maximum atomic E-state index is 13.3. The summed E-state index contributed by atoms with van der Waals surface area (Å²) in [4.78, 5) is 31.7. The number of nitrogens with zero attached hydrogens (tertiary/aromatic N) is 3. The number of imide groups is 1. The molecule has 0 bridgehead atoms. The minimum absolute atomic E-state index is 0.0542. The topological polar surface area (TPSA) is 74.4 Å². The third-order valence-electron chi connectivity index (χ3n) is 6.90. The van der Waals surface area contributed by atoms with Crippen LogP contribution in [0.4, 0.5) is 4.79 Å². The normalized spacial score (nSPS) is 28.5. The SMILES string of the molecule is CCN(C(=O)NCCCCN(C)C)C(=O)[C@@H]1C[C@@H]2CC3(CC[C@H]2N(C)C1)OCCO3. The summed E-state index contributed by atoms with van der Waals surface area (Å²) in [6.07, 6.45) is 5.54. The molecule has 2 aliphatic heterocycles. The molecular formula is C22H40N4O4. The van der Waals surface area contributed by atoms with Gasteiger partial charge >= 0.3 is 6.03 Å². The number of urea groups is 1. The maximum Gasteiger partial charge on any atom is 0.324 e. The summed E-state index contributed by atoms with van der Waals surface area (Å²) in [5.41, 5.74) is 0. The van der Waals surface area contributed by atoms with E-state index < -0.39 is 5.79 Å². The fraction of sp³-hybridized carbons (Fsp3) is 0.909. The first-order chi connectivity index (χ1) is 14.3. The lowest BCUT2D eigenvalue weighted by atomic mass is 9.72. The number of likely N-dealkylation sites (tertiary alicyclic amines) is 1. The van der Waals surface area contributed by atoms with Crippen molar-refractivity contribution in [3.05, 3.63) is 0 Å². The Morgan fingerprint density at radius 1 is 1.20 bits per heavy atom. The van der Waals surface area contributed by atoms with E-state index in [1.165, 1.54) is 4.90 Å². The van der Waals surface area contributed by atoms with E-state index in [9.17, 15) is 9.59 Å². The summed E-state index contributed by atoms with van der Waals surface area (Å²) in [6.45, 7) is 5.89. The zero-order valence-corrected chi connectivity index (χ0v) is 19.2. The van der Waals surface area contributed by atoms with Crippen molar-refractivity contribution >= 4 is 11.9 Å². The van der Waals surface area contributed by atoms with Gasteiger partial charge in [0.25, 0.3) is 0 Å². The van der Waals surface area contributed by atoms with Crippen molar-refractivity contribution in [1.29, 1.82) is 0 Å². The van der Waals surface area contributed by atoms with E-state index in [1.807, 2.05) is 21.0 Å². The first kappa shape index (κ1) is 23.4. The number of carbonyl (C=O) groups is 2. The summed E-state index contributed by atoms with van der Waals surface area (Å²) in [5, 5.41) is 2.93. The second-order valence-corrected chi connectivity index (χ2v) is 9.37. The Labute approximate surface area is 181 Å². The van der Waals surface area contributed by atoms with E-state index in [1.54, 1.807) is 0 Å². The highest BCUT2D eigenvalue weighted by molar-refractivity contribution is 5.95. The highest BCUT2D eigenvalue weighted by atomic mass is 16.7. The number of hydrogen-bond acceptors (Lipinski definition) is 6. The fourth-order valence-corrected chi connectivity index (χ4v) is 5.39. The largest absolute Gasteiger partial charge is 0.348 e. The van der Waals surface area contributed by atoms with Gasteiger partial charge in [0, 0.05) is 38.5 Å². The van der Waals surface area contributed by atoms with Gasteiger partial charge in [-0.25, -0.2) is 4.79 Å². The van der Waals surface area contributed by atoms with Gasteiger partial charge < -0.3 is 24.6 Å². The van der Waals surface area contributed by atoms with Gasteiger partial charge in [-0.3, -0.25) is 9.69 Å². The van der Waals surface area contributed by atoms with E-state index in [4.69, 9.17) is 9.47 Å². The van der Waals surface area contributed by atoms with Crippen molar-refractivity contribution in [1.82, 2.24) is 20.0 Å². The van der Waals surface area contributed by atoms with E-state index in [-0.39, 0.29) is 17.9 Å². The molecule has 30 heavy (non-hydrogen) atoms. The molecule has 0 radical (unpaired) electrons. The summed E-state index contributed by atoms with van der Waals surface area (Å²) in [6, 6.07) is 0.202. The van der Waals surface area contributed by atoms with E-state index >= 15 is 0 Å².